The van der Waals surface area contributed by atoms with E-state index < -0.39 is 0 Å². The summed E-state index contributed by atoms with van der Waals surface area (Å²) in [7, 11) is 1.68. The van der Waals surface area contributed by atoms with E-state index in [0.29, 0.717) is 17.7 Å². The minimum absolute atomic E-state index is 0.603. The zero-order valence-electron chi connectivity index (χ0n) is 12.3. The predicted octanol–water partition coefficient (Wildman–Crippen LogP) is 2.23. The number of aromatic nitrogens is 2. The Kier molecular flexibility index (Phi) is 5.14. The molecule has 0 unspecified atom stereocenters. The Labute approximate surface area is 116 Å². The van der Waals surface area contributed by atoms with E-state index in [9.17, 15) is 0 Å². The molecule has 2 heterocycles. The number of nitrogens with zero attached hydrogens (tertiary/aromatic N) is 2. The number of hydrogen-bond donors (Lipinski definition) is 1. The summed E-state index contributed by atoms with van der Waals surface area (Å²) >= 11 is 0. The lowest BCUT2D eigenvalue weighted by Crippen LogP contribution is -2.29. The third kappa shape index (κ3) is 4.46. The van der Waals surface area contributed by atoms with Gasteiger partial charge < -0.3 is 10.1 Å². The van der Waals surface area contributed by atoms with Gasteiger partial charge in [0.2, 0.25) is 5.88 Å². The van der Waals surface area contributed by atoms with Gasteiger partial charge in [0.15, 0.2) is 0 Å². The van der Waals surface area contributed by atoms with Gasteiger partial charge in [-0.05, 0) is 44.2 Å². The maximum atomic E-state index is 5.30. The second kappa shape index (κ2) is 6.85. The molecule has 0 aliphatic carbocycles. The van der Waals surface area contributed by atoms with Crippen molar-refractivity contribution in [1.82, 2.24) is 15.3 Å². The molecule has 1 N–H and O–H groups in total. The summed E-state index contributed by atoms with van der Waals surface area (Å²) in [4.78, 5) is 9.20. The highest BCUT2D eigenvalue weighted by Gasteiger charge is 2.16. The molecule has 0 amide bonds. The van der Waals surface area contributed by atoms with Crippen molar-refractivity contribution in [3.8, 4) is 5.88 Å². The van der Waals surface area contributed by atoms with E-state index in [0.717, 1.165) is 37.4 Å². The standard InChI is InChI=1S/C15H25N3O/c1-11(2)8-13-10-15(19-3)18-14(17-13)9-12-4-6-16-7-5-12/h10-12,16H,4-9H2,1-3H3. The summed E-state index contributed by atoms with van der Waals surface area (Å²) in [5.74, 6) is 2.96. The van der Waals surface area contributed by atoms with Crippen molar-refractivity contribution in [2.24, 2.45) is 11.8 Å². The minimum atomic E-state index is 0.603. The van der Waals surface area contributed by atoms with Gasteiger partial charge in [-0.15, -0.1) is 0 Å². The van der Waals surface area contributed by atoms with Crippen LogP contribution in [0.15, 0.2) is 6.07 Å². The van der Waals surface area contributed by atoms with E-state index in [4.69, 9.17) is 9.72 Å². The molecule has 1 saturated heterocycles. The summed E-state index contributed by atoms with van der Waals surface area (Å²) in [6.45, 7) is 6.66. The van der Waals surface area contributed by atoms with Gasteiger partial charge in [-0.2, -0.15) is 4.98 Å². The van der Waals surface area contributed by atoms with Crippen LogP contribution in [0.3, 0.4) is 0 Å². The normalized spacial score (nSPS) is 16.8. The van der Waals surface area contributed by atoms with E-state index >= 15 is 0 Å². The van der Waals surface area contributed by atoms with Crippen LogP contribution in [0.25, 0.3) is 0 Å². The molecule has 1 aliphatic heterocycles. The number of piperidine rings is 1. The van der Waals surface area contributed by atoms with E-state index in [2.05, 4.69) is 24.1 Å². The van der Waals surface area contributed by atoms with Gasteiger partial charge in [0.05, 0.1) is 7.11 Å². The third-order valence-corrected chi connectivity index (χ3v) is 3.56. The third-order valence-electron chi connectivity index (χ3n) is 3.56. The lowest BCUT2D eigenvalue weighted by Gasteiger charge is -2.22. The monoisotopic (exact) mass is 263 g/mol. The van der Waals surface area contributed by atoms with E-state index in [1.54, 1.807) is 7.11 Å². The summed E-state index contributed by atoms with van der Waals surface area (Å²) in [5.41, 5.74) is 1.10. The molecule has 19 heavy (non-hydrogen) atoms. The first kappa shape index (κ1) is 14.3. The molecule has 106 valence electrons. The van der Waals surface area contributed by atoms with Gasteiger partial charge in [0.25, 0.3) is 0 Å². The maximum absolute atomic E-state index is 5.30. The van der Waals surface area contributed by atoms with Gasteiger partial charge in [-0.1, -0.05) is 13.8 Å². The van der Waals surface area contributed by atoms with Crippen molar-refractivity contribution in [3.63, 3.8) is 0 Å². The number of nitrogens with one attached hydrogen (secondary N) is 1. The Bertz CT molecular complexity index is 400. The van der Waals surface area contributed by atoms with E-state index in [1.165, 1.54) is 12.8 Å². The Morgan fingerprint density at radius 2 is 2.05 bits per heavy atom. The van der Waals surface area contributed by atoms with Crippen LogP contribution in [-0.4, -0.2) is 30.2 Å². The molecule has 0 saturated carbocycles. The lowest BCUT2D eigenvalue weighted by atomic mass is 9.94. The first-order valence-corrected chi connectivity index (χ1v) is 7.29. The Balaban J connectivity index is 2.09. The first-order valence-electron chi connectivity index (χ1n) is 7.29. The molecule has 4 nitrogen and oxygen atoms in total. The highest BCUT2D eigenvalue weighted by molar-refractivity contribution is 5.17. The summed E-state index contributed by atoms with van der Waals surface area (Å²) in [6.07, 6.45) is 4.41. The number of ether oxygens (including phenoxy) is 1. The quantitative estimate of drug-likeness (QED) is 0.885. The molecule has 4 heteroatoms. The fourth-order valence-corrected chi connectivity index (χ4v) is 2.59. The highest BCUT2D eigenvalue weighted by atomic mass is 16.5. The fourth-order valence-electron chi connectivity index (χ4n) is 2.59. The molecular formula is C15H25N3O. The van der Waals surface area contributed by atoms with E-state index in [-0.39, 0.29) is 0 Å². The van der Waals surface area contributed by atoms with Gasteiger partial charge in [-0.3, -0.25) is 0 Å². The zero-order chi connectivity index (χ0) is 13.7. The first-order chi connectivity index (χ1) is 9.17. The van der Waals surface area contributed by atoms with Crippen molar-refractivity contribution in [2.75, 3.05) is 20.2 Å². The number of hydrogen-bond acceptors (Lipinski definition) is 4. The molecular weight excluding hydrogens is 238 g/mol. The van der Waals surface area contributed by atoms with Gasteiger partial charge >= 0.3 is 0 Å². The van der Waals surface area contributed by atoms with Crippen LogP contribution in [0.4, 0.5) is 0 Å². The molecule has 2 rings (SSSR count). The Morgan fingerprint density at radius 3 is 2.68 bits per heavy atom. The molecule has 0 aromatic carbocycles. The maximum Gasteiger partial charge on any atom is 0.216 e. The number of methoxy groups -OCH3 is 1. The van der Waals surface area contributed by atoms with E-state index in [1.807, 2.05) is 6.07 Å². The molecule has 1 aromatic rings. The largest absolute Gasteiger partial charge is 0.481 e. The van der Waals surface area contributed by atoms with Crippen molar-refractivity contribution in [3.05, 3.63) is 17.6 Å². The second-order valence-electron chi connectivity index (χ2n) is 5.81. The van der Waals surface area contributed by atoms with Crippen LogP contribution in [0, 0.1) is 11.8 Å². The lowest BCUT2D eigenvalue weighted by molar-refractivity contribution is 0.359. The average molecular weight is 263 g/mol. The summed E-state index contributed by atoms with van der Waals surface area (Å²) in [5, 5.41) is 3.40. The molecule has 0 spiro atoms. The molecule has 1 fully saturated rings. The average Bonchev–Trinajstić information content (AvgIpc) is 2.38. The highest BCUT2D eigenvalue weighted by Crippen LogP contribution is 2.19. The van der Waals surface area contributed by atoms with Crippen LogP contribution in [0.5, 0.6) is 5.88 Å². The number of rotatable bonds is 5. The topological polar surface area (TPSA) is 47.0 Å². The van der Waals surface area contributed by atoms with Gasteiger partial charge in [0, 0.05) is 18.2 Å². The van der Waals surface area contributed by atoms with Crippen molar-refractivity contribution < 1.29 is 4.74 Å². The molecule has 1 aromatic heterocycles. The predicted molar refractivity (Wildman–Crippen MR) is 76.4 cm³/mol. The summed E-state index contributed by atoms with van der Waals surface area (Å²) in [6, 6.07) is 1.96. The zero-order valence-corrected chi connectivity index (χ0v) is 12.3. The van der Waals surface area contributed by atoms with Gasteiger partial charge in [0.1, 0.15) is 5.82 Å². The van der Waals surface area contributed by atoms with Crippen molar-refractivity contribution in [2.45, 2.75) is 39.5 Å². The molecule has 1 aliphatic rings. The second-order valence-corrected chi connectivity index (χ2v) is 5.81. The van der Waals surface area contributed by atoms with Crippen LogP contribution < -0.4 is 10.1 Å². The van der Waals surface area contributed by atoms with Crippen LogP contribution in [0.2, 0.25) is 0 Å². The Morgan fingerprint density at radius 1 is 1.32 bits per heavy atom. The smallest absolute Gasteiger partial charge is 0.216 e. The SMILES string of the molecule is COc1cc(CC(C)C)nc(CC2CCNCC2)n1. The molecule has 0 bridgehead atoms. The van der Waals surface area contributed by atoms with Crippen LogP contribution >= 0.6 is 0 Å². The van der Waals surface area contributed by atoms with Crippen molar-refractivity contribution >= 4 is 0 Å². The van der Waals surface area contributed by atoms with Crippen molar-refractivity contribution in [1.29, 1.82) is 0 Å². The van der Waals surface area contributed by atoms with Gasteiger partial charge in [-0.25, -0.2) is 4.98 Å². The van der Waals surface area contributed by atoms with Crippen LogP contribution in [0.1, 0.15) is 38.2 Å². The molecule has 0 radical (unpaired) electrons. The van der Waals surface area contributed by atoms with Crippen LogP contribution in [-0.2, 0) is 12.8 Å². The minimum Gasteiger partial charge on any atom is -0.481 e. The fraction of sp³-hybridized carbons (Fsp3) is 0.733. The summed E-state index contributed by atoms with van der Waals surface area (Å²) < 4.78 is 5.30. The molecule has 0 atom stereocenters. The Hall–Kier alpha value is -1.16.